The average Bonchev–Trinajstić information content (AvgIpc) is 2.71. The van der Waals surface area contributed by atoms with Crippen molar-refractivity contribution in [3.05, 3.63) is 59.6 Å². The van der Waals surface area contributed by atoms with E-state index in [4.69, 9.17) is 16.6 Å². The van der Waals surface area contributed by atoms with E-state index in [-0.39, 0.29) is 0 Å². The average molecular weight is 380 g/mol. The topological polar surface area (TPSA) is 28.2 Å². The second-order valence-corrected chi connectivity index (χ2v) is 7.70. The molecule has 0 bridgehead atoms. The number of rotatable bonds is 6. The second kappa shape index (κ2) is 8.73. The van der Waals surface area contributed by atoms with Gasteiger partial charge in [0.1, 0.15) is 0 Å². The highest BCUT2D eigenvalue weighted by atomic mass is 35.5. The van der Waals surface area contributed by atoms with E-state index in [1.807, 2.05) is 24.3 Å². The zero-order valence-electron chi connectivity index (χ0n) is 15.6. The Morgan fingerprint density at radius 3 is 2.67 bits per heavy atom. The number of anilines is 1. The molecule has 1 saturated heterocycles. The van der Waals surface area contributed by atoms with Crippen LogP contribution in [-0.4, -0.2) is 36.1 Å². The van der Waals surface area contributed by atoms with Crippen molar-refractivity contribution < 1.29 is 0 Å². The number of para-hydroxylation sites is 1. The lowest BCUT2D eigenvalue weighted by atomic mass is 10.1. The molecule has 140 valence electrons. The SMILES string of the molecule is Clc1cccc(-c2cc(NCCCN3CCCCC3)c3ccccc3n2)c1. The van der Waals surface area contributed by atoms with Crippen LogP contribution in [0.2, 0.25) is 5.02 Å². The molecule has 4 rings (SSSR count). The number of likely N-dealkylation sites (tertiary alicyclic amines) is 1. The quantitative estimate of drug-likeness (QED) is 0.545. The van der Waals surface area contributed by atoms with Crippen molar-refractivity contribution in [3.8, 4) is 11.3 Å². The van der Waals surface area contributed by atoms with E-state index in [9.17, 15) is 0 Å². The molecule has 0 amide bonds. The van der Waals surface area contributed by atoms with E-state index in [0.717, 1.165) is 40.4 Å². The third kappa shape index (κ3) is 4.60. The van der Waals surface area contributed by atoms with Crippen LogP contribution in [0.3, 0.4) is 0 Å². The summed E-state index contributed by atoms with van der Waals surface area (Å²) in [5.41, 5.74) is 4.15. The molecule has 3 nitrogen and oxygen atoms in total. The fourth-order valence-electron chi connectivity index (χ4n) is 3.83. The lowest BCUT2D eigenvalue weighted by Crippen LogP contribution is -2.31. The van der Waals surface area contributed by atoms with Gasteiger partial charge in [0, 0.05) is 28.2 Å². The molecule has 2 heterocycles. The first-order chi connectivity index (χ1) is 13.3. The van der Waals surface area contributed by atoms with Crippen molar-refractivity contribution >= 4 is 28.2 Å². The first-order valence-corrected chi connectivity index (χ1v) is 10.3. The molecule has 4 heteroatoms. The fraction of sp³-hybridized carbons (Fsp3) is 0.348. The molecule has 1 fully saturated rings. The van der Waals surface area contributed by atoms with Gasteiger partial charge >= 0.3 is 0 Å². The summed E-state index contributed by atoms with van der Waals surface area (Å²) >= 11 is 6.18. The Balaban J connectivity index is 1.51. The Hall–Kier alpha value is -2.10. The van der Waals surface area contributed by atoms with Crippen molar-refractivity contribution in [2.24, 2.45) is 0 Å². The van der Waals surface area contributed by atoms with Gasteiger partial charge in [-0.15, -0.1) is 0 Å². The third-order valence-electron chi connectivity index (χ3n) is 5.25. The van der Waals surface area contributed by atoms with Crippen molar-refractivity contribution in [1.29, 1.82) is 0 Å². The second-order valence-electron chi connectivity index (χ2n) is 7.27. The van der Waals surface area contributed by atoms with Crippen molar-refractivity contribution in [3.63, 3.8) is 0 Å². The molecule has 0 saturated carbocycles. The highest BCUT2D eigenvalue weighted by Crippen LogP contribution is 2.29. The number of hydrogen-bond acceptors (Lipinski definition) is 3. The maximum atomic E-state index is 6.18. The lowest BCUT2D eigenvalue weighted by Gasteiger charge is -2.26. The third-order valence-corrected chi connectivity index (χ3v) is 5.49. The van der Waals surface area contributed by atoms with Gasteiger partial charge in [0.25, 0.3) is 0 Å². The molecule has 0 spiro atoms. The Bertz CT molecular complexity index is 903. The van der Waals surface area contributed by atoms with Crippen LogP contribution in [0.15, 0.2) is 54.6 Å². The predicted octanol–water partition coefficient (Wildman–Crippen LogP) is 5.84. The van der Waals surface area contributed by atoms with Crippen LogP contribution in [-0.2, 0) is 0 Å². The zero-order valence-corrected chi connectivity index (χ0v) is 16.4. The van der Waals surface area contributed by atoms with Crippen molar-refractivity contribution in [2.75, 3.05) is 31.5 Å². The Labute approximate surface area is 166 Å². The Morgan fingerprint density at radius 1 is 0.963 bits per heavy atom. The standard InChI is InChI=1S/C23H26ClN3/c24-19-9-6-8-18(16-19)22-17-23(20-10-2-3-11-21(20)26-22)25-12-7-15-27-13-4-1-5-14-27/h2-3,6,8-11,16-17H,1,4-5,7,12-15H2,(H,25,26). The van der Waals surface area contributed by atoms with E-state index in [1.165, 1.54) is 44.3 Å². The highest BCUT2D eigenvalue weighted by molar-refractivity contribution is 6.30. The van der Waals surface area contributed by atoms with E-state index in [1.54, 1.807) is 0 Å². The van der Waals surface area contributed by atoms with Gasteiger partial charge in [-0.1, -0.05) is 48.4 Å². The minimum Gasteiger partial charge on any atom is -0.384 e. The molecule has 0 atom stereocenters. The summed E-state index contributed by atoms with van der Waals surface area (Å²) in [5.74, 6) is 0. The molecule has 0 aliphatic carbocycles. The monoisotopic (exact) mass is 379 g/mol. The summed E-state index contributed by atoms with van der Waals surface area (Å²) in [6.45, 7) is 4.67. The summed E-state index contributed by atoms with van der Waals surface area (Å²) in [6.07, 6.45) is 5.25. The smallest absolute Gasteiger partial charge is 0.0730 e. The molecule has 27 heavy (non-hydrogen) atoms. The summed E-state index contributed by atoms with van der Waals surface area (Å²) in [7, 11) is 0. The van der Waals surface area contributed by atoms with E-state index >= 15 is 0 Å². The minimum absolute atomic E-state index is 0.735. The summed E-state index contributed by atoms with van der Waals surface area (Å²) < 4.78 is 0. The van der Waals surface area contributed by atoms with Gasteiger partial charge in [-0.2, -0.15) is 0 Å². The molecule has 1 aromatic heterocycles. The number of aromatic nitrogens is 1. The molecule has 0 unspecified atom stereocenters. The van der Waals surface area contributed by atoms with E-state index in [0.29, 0.717) is 0 Å². The highest BCUT2D eigenvalue weighted by Gasteiger charge is 2.10. The molecule has 1 aliphatic rings. The van der Waals surface area contributed by atoms with Crippen LogP contribution in [0.5, 0.6) is 0 Å². The molecular weight excluding hydrogens is 354 g/mol. The number of halogens is 1. The van der Waals surface area contributed by atoms with Gasteiger partial charge in [-0.05, 0) is 63.2 Å². The van der Waals surface area contributed by atoms with E-state index < -0.39 is 0 Å². The van der Waals surface area contributed by atoms with Gasteiger partial charge < -0.3 is 10.2 Å². The summed E-state index contributed by atoms with van der Waals surface area (Å²) in [5, 5.41) is 5.55. The van der Waals surface area contributed by atoms with Crippen LogP contribution in [0.4, 0.5) is 5.69 Å². The van der Waals surface area contributed by atoms with Gasteiger partial charge in [0.15, 0.2) is 0 Å². The first kappa shape index (κ1) is 18.3. The molecule has 1 N–H and O–H groups in total. The number of benzene rings is 2. The number of nitrogens with one attached hydrogen (secondary N) is 1. The Kier molecular flexibility index (Phi) is 5.90. The van der Waals surface area contributed by atoms with Gasteiger partial charge in [0.2, 0.25) is 0 Å². The molecule has 2 aromatic carbocycles. The van der Waals surface area contributed by atoms with Crippen LogP contribution in [0, 0.1) is 0 Å². The number of fused-ring (bicyclic) bond motifs is 1. The summed E-state index contributed by atoms with van der Waals surface area (Å²) in [4.78, 5) is 7.43. The maximum absolute atomic E-state index is 6.18. The molecule has 1 aliphatic heterocycles. The van der Waals surface area contributed by atoms with Gasteiger partial charge in [-0.25, -0.2) is 4.98 Å². The van der Waals surface area contributed by atoms with Crippen molar-refractivity contribution in [1.82, 2.24) is 9.88 Å². The number of piperidine rings is 1. The van der Waals surface area contributed by atoms with Gasteiger partial charge in [0.05, 0.1) is 11.2 Å². The van der Waals surface area contributed by atoms with Crippen LogP contribution < -0.4 is 5.32 Å². The lowest BCUT2D eigenvalue weighted by molar-refractivity contribution is 0.228. The minimum atomic E-state index is 0.735. The van der Waals surface area contributed by atoms with E-state index in [2.05, 4.69) is 40.5 Å². The van der Waals surface area contributed by atoms with Crippen molar-refractivity contribution in [2.45, 2.75) is 25.7 Å². The maximum Gasteiger partial charge on any atom is 0.0730 e. The number of pyridine rings is 1. The Morgan fingerprint density at radius 2 is 1.81 bits per heavy atom. The van der Waals surface area contributed by atoms with Crippen LogP contribution >= 0.6 is 11.6 Å². The number of hydrogen-bond donors (Lipinski definition) is 1. The zero-order chi connectivity index (χ0) is 18.5. The largest absolute Gasteiger partial charge is 0.384 e. The number of nitrogens with zero attached hydrogens (tertiary/aromatic N) is 2. The molecular formula is C23H26ClN3. The van der Waals surface area contributed by atoms with Crippen LogP contribution in [0.1, 0.15) is 25.7 Å². The van der Waals surface area contributed by atoms with Crippen LogP contribution in [0.25, 0.3) is 22.2 Å². The predicted molar refractivity (Wildman–Crippen MR) is 116 cm³/mol. The summed E-state index contributed by atoms with van der Waals surface area (Å²) in [6, 6.07) is 18.4. The molecule has 0 radical (unpaired) electrons. The van der Waals surface area contributed by atoms with Gasteiger partial charge in [-0.3, -0.25) is 0 Å². The first-order valence-electron chi connectivity index (χ1n) is 9.91. The molecule has 3 aromatic rings. The normalized spacial score (nSPS) is 15.1. The fourth-order valence-corrected chi connectivity index (χ4v) is 4.02.